The Bertz CT molecular complexity index is 337. The van der Waals surface area contributed by atoms with Crippen molar-refractivity contribution < 1.29 is 4.48 Å². The number of unbranched alkanes of at least 4 members (excludes halogenated alkanes) is 9. The number of quaternary nitrogens is 1. The lowest BCUT2D eigenvalue weighted by Crippen LogP contribution is -2.35. The Morgan fingerprint density at radius 2 is 1.09 bits per heavy atom. The summed E-state index contributed by atoms with van der Waals surface area (Å²) < 4.78 is 1.12. The first-order chi connectivity index (χ1) is 11.0. The summed E-state index contributed by atoms with van der Waals surface area (Å²) in [7, 11) is 6.86. The third-order valence-corrected chi connectivity index (χ3v) is 4.12. The molecule has 0 amide bonds. The van der Waals surface area contributed by atoms with Gasteiger partial charge >= 0.3 is 0 Å². The molecule has 0 saturated heterocycles. The molecule has 1 rings (SSSR count). The van der Waals surface area contributed by atoms with Gasteiger partial charge in [0, 0.05) is 0 Å². The fourth-order valence-corrected chi connectivity index (χ4v) is 2.61. The van der Waals surface area contributed by atoms with Gasteiger partial charge in [-0.05, 0) is 19.8 Å². The van der Waals surface area contributed by atoms with Crippen LogP contribution in [0.5, 0.6) is 0 Å². The molecule has 1 heteroatoms. The van der Waals surface area contributed by atoms with Crippen LogP contribution in [0.15, 0.2) is 30.3 Å². The minimum atomic E-state index is 1.12. The van der Waals surface area contributed by atoms with E-state index in [1.165, 1.54) is 76.3 Å². The second-order valence-corrected chi connectivity index (χ2v) is 7.85. The summed E-state index contributed by atoms with van der Waals surface area (Å²) in [6, 6.07) is 10.3. The maximum absolute atomic E-state index is 2.29. The Morgan fingerprint density at radius 1 is 0.652 bits per heavy atom. The van der Waals surface area contributed by atoms with E-state index in [1.54, 1.807) is 0 Å². The van der Waals surface area contributed by atoms with E-state index in [1.807, 2.05) is 18.2 Å². The fourth-order valence-electron chi connectivity index (χ4n) is 2.61. The van der Waals surface area contributed by atoms with Crippen LogP contribution in [0.1, 0.15) is 76.7 Å². The van der Waals surface area contributed by atoms with Crippen molar-refractivity contribution in [2.24, 2.45) is 0 Å². The van der Waals surface area contributed by atoms with Crippen LogP contribution < -0.4 is 0 Å². The van der Waals surface area contributed by atoms with Crippen molar-refractivity contribution in [2.45, 2.75) is 78.1 Å². The lowest BCUT2D eigenvalue weighted by Gasteiger charge is -2.23. The van der Waals surface area contributed by atoms with Gasteiger partial charge in [0.2, 0.25) is 0 Å². The van der Waals surface area contributed by atoms with E-state index < -0.39 is 0 Å². The zero-order chi connectivity index (χ0) is 17.4. The Balaban J connectivity index is 0.000000568. The minimum absolute atomic E-state index is 1.12. The van der Waals surface area contributed by atoms with Crippen LogP contribution in [-0.4, -0.2) is 32.2 Å². The van der Waals surface area contributed by atoms with Crippen molar-refractivity contribution >= 4 is 0 Å². The smallest absolute Gasteiger partial charge is 0.0780 e. The van der Waals surface area contributed by atoms with Crippen molar-refractivity contribution in [3.63, 3.8) is 0 Å². The number of aryl methyl sites for hydroxylation is 1. The summed E-state index contributed by atoms with van der Waals surface area (Å²) in [4.78, 5) is 0. The topological polar surface area (TPSA) is 0 Å². The van der Waals surface area contributed by atoms with Crippen LogP contribution in [0.2, 0.25) is 0 Å². The molecule has 23 heavy (non-hydrogen) atoms. The van der Waals surface area contributed by atoms with E-state index in [2.05, 4.69) is 47.1 Å². The third kappa shape index (κ3) is 19.1. The first kappa shape index (κ1) is 22.2. The van der Waals surface area contributed by atoms with E-state index in [0.29, 0.717) is 0 Å². The van der Waals surface area contributed by atoms with Crippen LogP contribution in [0, 0.1) is 6.92 Å². The van der Waals surface area contributed by atoms with E-state index >= 15 is 0 Å². The van der Waals surface area contributed by atoms with Crippen LogP contribution in [-0.2, 0) is 0 Å². The molecule has 1 aromatic carbocycles. The SMILES string of the molecule is CCCCCCCCCCCC[N+](C)(C)C.Cc1ccccc1. The van der Waals surface area contributed by atoms with Gasteiger partial charge in [-0.15, -0.1) is 0 Å². The molecular weight excluding hydrogens is 278 g/mol. The molecule has 0 heterocycles. The van der Waals surface area contributed by atoms with Gasteiger partial charge in [0.05, 0.1) is 27.7 Å². The molecule has 0 fully saturated rings. The molecule has 0 aliphatic carbocycles. The molecule has 0 atom stereocenters. The van der Waals surface area contributed by atoms with E-state index in [9.17, 15) is 0 Å². The average Bonchev–Trinajstić information content (AvgIpc) is 2.49. The zero-order valence-corrected chi connectivity index (χ0v) is 16.6. The number of benzene rings is 1. The number of hydrogen-bond donors (Lipinski definition) is 0. The molecule has 0 unspecified atom stereocenters. The molecule has 1 nitrogen and oxygen atoms in total. The van der Waals surface area contributed by atoms with Gasteiger partial charge in [0.1, 0.15) is 0 Å². The largest absolute Gasteiger partial charge is 0.331 e. The molecule has 0 bridgehead atoms. The highest BCUT2D eigenvalue weighted by molar-refractivity contribution is 5.11. The highest BCUT2D eigenvalue weighted by atomic mass is 15.3. The maximum Gasteiger partial charge on any atom is 0.0780 e. The lowest BCUT2D eigenvalue weighted by atomic mass is 10.1. The molecule has 0 N–H and O–H groups in total. The summed E-state index contributed by atoms with van der Waals surface area (Å²) in [5.74, 6) is 0. The Hall–Kier alpha value is -0.820. The molecule has 1 aromatic rings. The second kappa shape index (κ2) is 14.8. The summed E-state index contributed by atoms with van der Waals surface area (Å²) in [5, 5.41) is 0. The molecule has 0 saturated carbocycles. The van der Waals surface area contributed by atoms with Gasteiger partial charge in [-0.25, -0.2) is 0 Å². The third-order valence-electron chi connectivity index (χ3n) is 4.12. The number of hydrogen-bond acceptors (Lipinski definition) is 0. The van der Waals surface area contributed by atoms with E-state index in [0.717, 1.165) is 4.48 Å². The Labute approximate surface area is 146 Å². The highest BCUT2D eigenvalue weighted by Crippen LogP contribution is 2.11. The molecule has 0 aliphatic heterocycles. The van der Waals surface area contributed by atoms with Crippen LogP contribution >= 0.6 is 0 Å². The van der Waals surface area contributed by atoms with Crippen molar-refractivity contribution in [3.8, 4) is 0 Å². The van der Waals surface area contributed by atoms with E-state index in [-0.39, 0.29) is 0 Å². The zero-order valence-electron chi connectivity index (χ0n) is 16.6. The van der Waals surface area contributed by atoms with Gasteiger partial charge in [0.15, 0.2) is 0 Å². The van der Waals surface area contributed by atoms with Crippen LogP contribution in [0.3, 0.4) is 0 Å². The van der Waals surface area contributed by atoms with Crippen molar-refractivity contribution in [2.75, 3.05) is 27.7 Å². The van der Waals surface area contributed by atoms with E-state index in [4.69, 9.17) is 0 Å². The number of nitrogens with zero attached hydrogens (tertiary/aromatic N) is 1. The summed E-state index contributed by atoms with van der Waals surface area (Å²) in [6.07, 6.45) is 14.4. The molecular formula is C22H42N+. The van der Waals surface area contributed by atoms with Crippen molar-refractivity contribution in [1.82, 2.24) is 0 Å². The molecule has 134 valence electrons. The summed E-state index contributed by atoms with van der Waals surface area (Å²) in [6.45, 7) is 5.70. The quantitative estimate of drug-likeness (QED) is 0.318. The van der Waals surface area contributed by atoms with Gasteiger partial charge in [-0.1, -0.05) is 94.2 Å². The van der Waals surface area contributed by atoms with Crippen LogP contribution in [0.4, 0.5) is 0 Å². The number of rotatable bonds is 11. The minimum Gasteiger partial charge on any atom is -0.331 e. The average molecular weight is 321 g/mol. The highest BCUT2D eigenvalue weighted by Gasteiger charge is 2.04. The van der Waals surface area contributed by atoms with Crippen molar-refractivity contribution in [3.05, 3.63) is 35.9 Å². The predicted octanol–water partition coefficient (Wildman–Crippen LogP) is 6.61. The Morgan fingerprint density at radius 3 is 1.43 bits per heavy atom. The van der Waals surface area contributed by atoms with Gasteiger partial charge in [0.25, 0.3) is 0 Å². The normalized spacial score (nSPS) is 11.0. The van der Waals surface area contributed by atoms with Crippen LogP contribution in [0.25, 0.3) is 0 Å². The fraction of sp³-hybridized carbons (Fsp3) is 0.727. The standard InChI is InChI=1S/C15H34N.C7H8/c1-5-6-7-8-9-10-11-12-13-14-15-16(2,3)4;1-7-5-3-2-4-6-7/h5-15H2,1-4H3;2-6H,1H3/q+1;. The predicted molar refractivity (Wildman–Crippen MR) is 106 cm³/mol. The summed E-state index contributed by atoms with van der Waals surface area (Å²) in [5.41, 5.74) is 1.32. The molecule has 0 radical (unpaired) electrons. The summed E-state index contributed by atoms with van der Waals surface area (Å²) >= 11 is 0. The van der Waals surface area contributed by atoms with Gasteiger partial charge < -0.3 is 4.48 Å². The Kier molecular flexibility index (Phi) is 14.2. The first-order valence-electron chi connectivity index (χ1n) is 9.78. The maximum atomic E-state index is 2.29. The first-order valence-corrected chi connectivity index (χ1v) is 9.78. The monoisotopic (exact) mass is 320 g/mol. The van der Waals surface area contributed by atoms with Gasteiger partial charge in [-0.3, -0.25) is 0 Å². The molecule has 0 spiro atoms. The lowest BCUT2D eigenvalue weighted by molar-refractivity contribution is -0.870. The molecule has 0 aromatic heterocycles. The van der Waals surface area contributed by atoms with Crippen molar-refractivity contribution in [1.29, 1.82) is 0 Å². The second-order valence-electron chi connectivity index (χ2n) is 7.85. The molecule has 0 aliphatic rings. The van der Waals surface area contributed by atoms with Gasteiger partial charge in [-0.2, -0.15) is 0 Å².